The van der Waals surface area contributed by atoms with Gasteiger partial charge in [0, 0.05) is 11.2 Å². The Bertz CT molecular complexity index is 474. The second-order valence-electron chi connectivity index (χ2n) is 7.00. The van der Waals surface area contributed by atoms with Crippen LogP contribution in [-0.2, 0) is 6.42 Å². The molecule has 3 rings (SSSR count). The standard InChI is InChI=1S/C18H25BrO/c1-13(2)12-18(8-3-4-9-18)17(19)15-5-6-16-14(11-15)7-10-20-16/h5-6,11,13,17H,3-4,7-10,12H2,1-2H3. The zero-order chi connectivity index (χ0) is 14.2. The third-order valence-corrected chi connectivity index (χ3v) is 6.46. The van der Waals surface area contributed by atoms with Crippen LogP contribution in [-0.4, -0.2) is 6.61 Å². The molecule has 0 saturated heterocycles. The van der Waals surface area contributed by atoms with E-state index in [4.69, 9.17) is 4.74 Å². The third-order valence-electron chi connectivity index (χ3n) is 4.96. The summed E-state index contributed by atoms with van der Waals surface area (Å²) in [6, 6.07) is 6.82. The summed E-state index contributed by atoms with van der Waals surface area (Å²) in [7, 11) is 0. The van der Waals surface area contributed by atoms with Crippen molar-refractivity contribution in [2.45, 2.75) is 57.2 Å². The number of hydrogen-bond acceptors (Lipinski definition) is 1. The molecule has 1 aliphatic heterocycles. The first-order valence-electron chi connectivity index (χ1n) is 8.00. The molecule has 1 heterocycles. The Morgan fingerprint density at radius 2 is 2.00 bits per heavy atom. The molecule has 0 radical (unpaired) electrons. The Balaban J connectivity index is 1.87. The van der Waals surface area contributed by atoms with Crippen LogP contribution in [0.5, 0.6) is 5.75 Å². The van der Waals surface area contributed by atoms with Crippen LogP contribution >= 0.6 is 15.9 Å². The monoisotopic (exact) mass is 336 g/mol. The van der Waals surface area contributed by atoms with E-state index in [-0.39, 0.29) is 0 Å². The van der Waals surface area contributed by atoms with Gasteiger partial charge in [0.05, 0.1) is 6.61 Å². The van der Waals surface area contributed by atoms with E-state index in [2.05, 4.69) is 48.0 Å². The highest BCUT2D eigenvalue weighted by Gasteiger charge is 2.41. The lowest BCUT2D eigenvalue weighted by molar-refractivity contribution is 0.230. The molecule has 1 aliphatic carbocycles. The molecule has 1 aromatic rings. The molecule has 1 aromatic carbocycles. The van der Waals surface area contributed by atoms with Gasteiger partial charge in [0.2, 0.25) is 0 Å². The maximum Gasteiger partial charge on any atom is 0.122 e. The largest absolute Gasteiger partial charge is 0.493 e. The molecule has 1 unspecified atom stereocenters. The molecule has 20 heavy (non-hydrogen) atoms. The molecule has 1 saturated carbocycles. The summed E-state index contributed by atoms with van der Waals surface area (Å²) in [6.45, 7) is 5.57. The van der Waals surface area contributed by atoms with E-state index in [1.807, 2.05) is 0 Å². The number of benzene rings is 1. The van der Waals surface area contributed by atoms with E-state index < -0.39 is 0 Å². The first-order valence-corrected chi connectivity index (χ1v) is 8.92. The summed E-state index contributed by atoms with van der Waals surface area (Å²) in [5, 5.41) is 0. The minimum absolute atomic E-state index is 0.460. The van der Waals surface area contributed by atoms with E-state index in [9.17, 15) is 0 Å². The molecular formula is C18H25BrO. The quantitative estimate of drug-likeness (QED) is 0.644. The summed E-state index contributed by atoms with van der Waals surface area (Å²) < 4.78 is 5.63. The molecule has 0 N–H and O–H groups in total. The van der Waals surface area contributed by atoms with Crippen LogP contribution in [0.15, 0.2) is 18.2 Å². The average Bonchev–Trinajstić information content (AvgIpc) is 3.05. The summed E-state index contributed by atoms with van der Waals surface area (Å²) in [5.41, 5.74) is 3.31. The second kappa shape index (κ2) is 5.71. The number of fused-ring (bicyclic) bond motifs is 1. The predicted octanol–water partition coefficient (Wildman–Crippen LogP) is 5.66. The lowest BCUT2D eigenvalue weighted by Gasteiger charge is -2.36. The van der Waals surface area contributed by atoms with Crippen LogP contribution in [0.2, 0.25) is 0 Å². The van der Waals surface area contributed by atoms with Crippen molar-refractivity contribution < 1.29 is 4.74 Å². The smallest absolute Gasteiger partial charge is 0.122 e. The zero-order valence-electron chi connectivity index (χ0n) is 12.6. The summed E-state index contributed by atoms with van der Waals surface area (Å²) >= 11 is 4.07. The SMILES string of the molecule is CC(C)CC1(C(Br)c2ccc3c(c2)CCO3)CCCC1. The van der Waals surface area contributed by atoms with Crippen LogP contribution in [0, 0.1) is 11.3 Å². The van der Waals surface area contributed by atoms with E-state index in [0.717, 1.165) is 24.7 Å². The van der Waals surface area contributed by atoms with E-state index >= 15 is 0 Å². The first kappa shape index (κ1) is 14.4. The molecular weight excluding hydrogens is 312 g/mol. The van der Waals surface area contributed by atoms with Crippen LogP contribution < -0.4 is 4.74 Å². The topological polar surface area (TPSA) is 9.23 Å². The molecule has 2 heteroatoms. The second-order valence-corrected chi connectivity index (χ2v) is 7.91. The maximum absolute atomic E-state index is 5.63. The van der Waals surface area contributed by atoms with Crippen LogP contribution in [0.25, 0.3) is 0 Å². The van der Waals surface area contributed by atoms with Gasteiger partial charge in [-0.2, -0.15) is 0 Å². The highest BCUT2D eigenvalue weighted by atomic mass is 79.9. The lowest BCUT2D eigenvalue weighted by atomic mass is 9.74. The zero-order valence-corrected chi connectivity index (χ0v) is 14.2. The van der Waals surface area contributed by atoms with Gasteiger partial charge in [0.15, 0.2) is 0 Å². The van der Waals surface area contributed by atoms with Crippen molar-refractivity contribution in [1.82, 2.24) is 0 Å². The Labute approximate surface area is 131 Å². The summed E-state index contributed by atoms with van der Waals surface area (Å²) in [4.78, 5) is 0.491. The van der Waals surface area contributed by atoms with Gasteiger partial charge in [-0.25, -0.2) is 0 Å². The minimum atomic E-state index is 0.460. The molecule has 1 atom stereocenters. The Hall–Kier alpha value is -0.500. The molecule has 0 spiro atoms. The Morgan fingerprint density at radius 3 is 2.70 bits per heavy atom. The molecule has 0 bridgehead atoms. The molecule has 1 nitrogen and oxygen atoms in total. The third kappa shape index (κ3) is 2.64. The average molecular weight is 337 g/mol. The van der Waals surface area contributed by atoms with Gasteiger partial charge < -0.3 is 4.74 Å². The summed E-state index contributed by atoms with van der Waals surface area (Å²) in [5.74, 6) is 1.86. The number of alkyl halides is 1. The Kier molecular flexibility index (Phi) is 4.12. The Morgan fingerprint density at radius 1 is 1.25 bits per heavy atom. The first-order chi connectivity index (χ1) is 9.61. The van der Waals surface area contributed by atoms with Gasteiger partial charge in [0.25, 0.3) is 0 Å². The fraction of sp³-hybridized carbons (Fsp3) is 0.667. The maximum atomic E-state index is 5.63. The summed E-state index contributed by atoms with van der Waals surface area (Å²) in [6.07, 6.45) is 7.92. The van der Waals surface area contributed by atoms with E-state index in [1.54, 1.807) is 0 Å². The highest BCUT2D eigenvalue weighted by molar-refractivity contribution is 9.09. The number of ether oxygens (including phenoxy) is 1. The molecule has 2 aliphatic rings. The minimum Gasteiger partial charge on any atom is -0.493 e. The molecule has 1 fully saturated rings. The van der Waals surface area contributed by atoms with Gasteiger partial charge in [-0.1, -0.05) is 54.8 Å². The molecule has 0 amide bonds. The van der Waals surface area contributed by atoms with Gasteiger partial charge >= 0.3 is 0 Å². The molecule has 110 valence electrons. The van der Waals surface area contributed by atoms with Crippen LogP contribution in [0.4, 0.5) is 0 Å². The van der Waals surface area contributed by atoms with Crippen molar-refractivity contribution in [3.8, 4) is 5.75 Å². The van der Waals surface area contributed by atoms with Crippen molar-refractivity contribution in [3.05, 3.63) is 29.3 Å². The number of hydrogen-bond donors (Lipinski definition) is 0. The van der Waals surface area contributed by atoms with Crippen molar-refractivity contribution in [3.63, 3.8) is 0 Å². The van der Waals surface area contributed by atoms with Gasteiger partial charge in [-0.05, 0) is 47.8 Å². The van der Waals surface area contributed by atoms with Gasteiger partial charge in [-0.15, -0.1) is 0 Å². The van der Waals surface area contributed by atoms with Gasteiger partial charge in [0.1, 0.15) is 5.75 Å². The normalized spacial score (nSPS) is 21.8. The lowest BCUT2D eigenvalue weighted by Crippen LogP contribution is -2.24. The number of halogens is 1. The van der Waals surface area contributed by atoms with Crippen molar-refractivity contribution in [1.29, 1.82) is 0 Å². The van der Waals surface area contributed by atoms with Gasteiger partial charge in [-0.3, -0.25) is 0 Å². The van der Waals surface area contributed by atoms with Crippen LogP contribution in [0.3, 0.4) is 0 Å². The predicted molar refractivity (Wildman–Crippen MR) is 87.7 cm³/mol. The highest BCUT2D eigenvalue weighted by Crippen LogP contribution is 2.55. The van der Waals surface area contributed by atoms with Crippen molar-refractivity contribution >= 4 is 15.9 Å². The van der Waals surface area contributed by atoms with E-state index in [1.165, 1.54) is 43.2 Å². The molecule has 0 aromatic heterocycles. The number of rotatable bonds is 4. The van der Waals surface area contributed by atoms with Crippen LogP contribution in [0.1, 0.15) is 61.9 Å². The van der Waals surface area contributed by atoms with Crippen molar-refractivity contribution in [2.24, 2.45) is 11.3 Å². The van der Waals surface area contributed by atoms with E-state index in [0.29, 0.717) is 10.2 Å². The van der Waals surface area contributed by atoms with Crippen molar-refractivity contribution in [2.75, 3.05) is 6.61 Å². The fourth-order valence-corrected chi connectivity index (χ4v) is 5.10. The fourth-order valence-electron chi connectivity index (χ4n) is 4.17.